The van der Waals surface area contributed by atoms with Gasteiger partial charge < -0.3 is 15.4 Å². The molecule has 0 spiro atoms. The molecule has 5 rings (SSSR count). The minimum atomic E-state index is -1.10. The van der Waals surface area contributed by atoms with Crippen molar-refractivity contribution in [2.24, 2.45) is 0 Å². The highest BCUT2D eigenvalue weighted by molar-refractivity contribution is 7.88. The van der Waals surface area contributed by atoms with Crippen LogP contribution in [0.25, 0.3) is 32.6 Å². The number of nitrogens with two attached hydrogens (primary N) is 1. The Labute approximate surface area is 205 Å². The van der Waals surface area contributed by atoms with Gasteiger partial charge in [0.05, 0.1) is 22.2 Å². The van der Waals surface area contributed by atoms with Crippen LogP contribution in [0.5, 0.6) is 6.01 Å². The molecule has 0 amide bonds. The smallest absolute Gasteiger partial charge is 0.316 e. The molecule has 0 saturated heterocycles. The monoisotopic (exact) mass is 493 g/mol. The molecule has 0 radical (unpaired) electrons. The lowest BCUT2D eigenvalue weighted by Crippen LogP contribution is -2.23. The van der Waals surface area contributed by atoms with E-state index in [0.717, 1.165) is 62.6 Å². The van der Waals surface area contributed by atoms with Crippen molar-refractivity contribution in [1.82, 2.24) is 19.9 Å². The summed E-state index contributed by atoms with van der Waals surface area (Å²) in [6, 6.07) is 12.4. The minimum absolute atomic E-state index is 0.198. The molecule has 0 aliphatic heterocycles. The Morgan fingerprint density at radius 2 is 1.88 bits per heavy atom. The number of likely N-dealkylation sites (N-methyl/N-ethyl adjacent to an activating group) is 1. The number of anilines is 1. The van der Waals surface area contributed by atoms with Gasteiger partial charge in [0.2, 0.25) is 0 Å². The number of hydrogen-bond acceptors (Lipinski definition) is 8. The van der Waals surface area contributed by atoms with Crippen LogP contribution in [0.2, 0.25) is 0 Å². The van der Waals surface area contributed by atoms with E-state index in [0.29, 0.717) is 18.3 Å². The minimum Gasteiger partial charge on any atom is -0.462 e. The molecule has 176 valence electrons. The maximum Gasteiger partial charge on any atom is 0.316 e. The summed E-state index contributed by atoms with van der Waals surface area (Å²) in [5.41, 5.74) is 10.7. The lowest BCUT2D eigenvalue weighted by atomic mass is 10.00. The molecular formula is C25H27N5O2S2. The summed E-state index contributed by atoms with van der Waals surface area (Å²) in [5.74, 6) is 0. The van der Waals surface area contributed by atoms with E-state index < -0.39 is 10.8 Å². The fourth-order valence-electron chi connectivity index (χ4n) is 3.82. The molecule has 3 aromatic heterocycles. The molecule has 1 fully saturated rings. The van der Waals surface area contributed by atoms with Crippen LogP contribution in [0.3, 0.4) is 0 Å². The third-order valence-corrected chi connectivity index (χ3v) is 9.28. The zero-order valence-corrected chi connectivity index (χ0v) is 20.9. The van der Waals surface area contributed by atoms with Crippen molar-refractivity contribution < 1.29 is 8.95 Å². The zero-order valence-electron chi connectivity index (χ0n) is 19.2. The second-order valence-corrected chi connectivity index (χ2v) is 11.6. The maximum atomic E-state index is 13.2. The number of aromatic nitrogens is 3. The van der Waals surface area contributed by atoms with Crippen molar-refractivity contribution in [1.29, 1.82) is 0 Å². The van der Waals surface area contributed by atoms with Crippen molar-refractivity contribution in [3.05, 3.63) is 48.8 Å². The third-order valence-electron chi connectivity index (χ3n) is 5.98. The quantitative estimate of drug-likeness (QED) is 0.383. The van der Waals surface area contributed by atoms with Crippen LogP contribution in [0, 0.1) is 0 Å². The number of nitrogen functional groups attached to an aromatic ring is 1. The molecule has 4 aromatic rings. The summed E-state index contributed by atoms with van der Waals surface area (Å²) in [7, 11) is 2.88. The fourth-order valence-corrected chi connectivity index (χ4v) is 7.03. The van der Waals surface area contributed by atoms with Crippen molar-refractivity contribution in [2.75, 3.05) is 33.0 Å². The van der Waals surface area contributed by atoms with E-state index in [9.17, 15) is 4.21 Å². The lowest BCUT2D eigenvalue weighted by Gasteiger charge is -2.23. The van der Waals surface area contributed by atoms with Gasteiger partial charge in [0.25, 0.3) is 0 Å². The normalized spacial score (nSPS) is 14.9. The SMILES string of the molecule is CN(C)CCOc1ncc(-c2cc(-c3ccccc3)c3c(N)c(S(=O)C4CCC4)sc3n2)cn1. The van der Waals surface area contributed by atoms with E-state index in [2.05, 4.69) is 22.1 Å². The van der Waals surface area contributed by atoms with E-state index >= 15 is 0 Å². The van der Waals surface area contributed by atoms with Gasteiger partial charge in [0.15, 0.2) is 0 Å². The first-order chi connectivity index (χ1) is 16.5. The second-order valence-electron chi connectivity index (χ2n) is 8.66. The van der Waals surface area contributed by atoms with Gasteiger partial charge in [0.1, 0.15) is 15.6 Å². The largest absolute Gasteiger partial charge is 0.462 e. The highest BCUT2D eigenvalue weighted by Gasteiger charge is 2.29. The summed E-state index contributed by atoms with van der Waals surface area (Å²) in [6.07, 6.45) is 6.57. The number of hydrogen-bond donors (Lipinski definition) is 1. The molecule has 0 bridgehead atoms. The van der Waals surface area contributed by atoms with Gasteiger partial charge in [-0.2, -0.15) is 0 Å². The molecule has 2 N–H and O–H groups in total. The zero-order chi connectivity index (χ0) is 23.7. The average Bonchev–Trinajstić information content (AvgIpc) is 3.14. The van der Waals surface area contributed by atoms with Crippen LogP contribution < -0.4 is 10.5 Å². The number of ether oxygens (including phenoxy) is 1. The Morgan fingerprint density at radius 1 is 1.15 bits per heavy atom. The van der Waals surface area contributed by atoms with Gasteiger partial charge in [-0.15, -0.1) is 11.3 Å². The predicted molar refractivity (Wildman–Crippen MR) is 139 cm³/mol. The van der Waals surface area contributed by atoms with Crippen LogP contribution in [0.15, 0.2) is 53.0 Å². The number of benzene rings is 1. The lowest BCUT2D eigenvalue weighted by molar-refractivity contribution is 0.245. The molecule has 34 heavy (non-hydrogen) atoms. The van der Waals surface area contributed by atoms with Crippen molar-refractivity contribution >= 4 is 38.0 Å². The van der Waals surface area contributed by atoms with Gasteiger partial charge >= 0.3 is 6.01 Å². The first-order valence-electron chi connectivity index (χ1n) is 11.3. The summed E-state index contributed by atoms with van der Waals surface area (Å²) in [6.45, 7) is 1.30. The van der Waals surface area contributed by atoms with Crippen LogP contribution >= 0.6 is 11.3 Å². The van der Waals surface area contributed by atoms with E-state index in [1.54, 1.807) is 12.4 Å². The van der Waals surface area contributed by atoms with Gasteiger partial charge in [-0.05, 0) is 44.1 Å². The molecule has 7 nitrogen and oxygen atoms in total. The van der Waals surface area contributed by atoms with Gasteiger partial charge in [-0.25, -0.2) is 15.0 Å². The molecule has 9 heteroatoms. The van der Waals surface area contributed by atoms with E-state index in [1.165, 1.54) is 11.3 Å². The number of thiophene rings is 1. The molecule has 3 heterocycles. The van der Waals surface area contributed by atoms with E-state index in [-0.39, 0.29) is 5.25 Å². The number of fused-ring (bicyclic) bond motifs is 1. The first kappa shape index (κ1) is 22.9. The van der Waals surface area contributed by atoms with Crippen molar-refractivity contribution in [2.45, 2.75) is 28.7 Å². The Morgan fingerprint density at radius 3 is 2.53 bits per heavy atom. The second kappa shape index (κ2) is 9.77. The molecular weight excluding hydrogens is 466 g/mol. The summed E-state index contributed by atoms with van der Waals surface area (Å²) in [5, 5.41) is 1.07. The number of rotatable bonds is 8. The summed E-state index contributed by atoms with van der Waals surface area (Å²) in [4.78, 5) is 16.4. The fraction of sp³-hybridized carbons (Fsp3) is 0.320. The Bertz CT molecular complexity index is 1320. The van der Waals surface area contributed by atoms with Gasteiger partial charge in [-0.1, -0.05) is 36.8 Å². The van der Waals surface area contributed by atoms with E-state index in [4.69, 9.17) is 15.5 Å². The molecule has 1 aliphatic rings. The van der Waals surface area contributed by atoms with Crippen LogP contribution in [-0.4, -0.2) is 56.6 Å². The summed E-state index contributed by atoms with van der Waals surface area (Å²) < 4.78 is 19.5. The average molecular weight is 494 g/mol. The van der Waals surface area contributed by atoms with Crippen LogP contribution in [-0.2, 0) is 10.8 Å². The number of nitrogens with zero attached hydrogens (tertiary/aromatic N) is 4. The Kier molecular flexibility index (Phi) is 6.58. The van der Waals surface area contributed by atoms with Crippen molar-refractivity contribution in [3.63, 3.8) is 0 Å². The third kappa shape index (κ3) is 4.55. The standard InChI is InChI=1S/C25H27N5O2S2/c1-30(2)11-12-32-25-27-14-17(15-28-25)20-13-19(16-7-4-3-5-8-16)21-22(26)24(33-23(21)29-20)34(31)18-9-6-10-18/h3-5,7-8,13-15,18H,6,9-12,26H2,1-2H3. The van der Waals surface area contributed by atoms with Gasteiger partial charge in [-0.3, -0.25) is 4.21 Å². The van der Waals surface area contributed by atoms with Crippen molar-refractivity contribution in [3.8, 4) is 28.4 Å². The molecule has 1 aliphatic carbocycles. The molecule has 1 aromatic carbocycles. The highest BCUT2D eigenvalue weighted by atomic mass is 32.2. The van der Waals surface area contributed by atoms with Crippen LogP contribution in [0.4, 0.5) is 5.69 Å². The highest BCUT2D eigenvalue weighted by Crippen LogP contribution is 2.44. The predicted octanol–water partition coefficient (Wildman–Crippen LogP) is 4.60. The molecule has 1 unspecified atom stereocenters. The topological polar surface area (TPSA) is 94.2 Å². The molecule has 1 atom stereocenters. The Balaban J connectivity index is 1.56. The first-order valence-corrected chi connectivity index (χ1v) is 13.3. The molecule has 1 saturated carbocycles. The van der Waals surface area contributed by atoms with E-state index in [1.807, 2.05) is 43.3 Å². The van der Waals surface area contributed by atoms with Gasteiger partial charge in [0, 0.05) is 35.1 Å². The maximum absolute atomic E-state index is 13.2. The Hall–Kier alpha value is -2.88. The summed E-state index contributed by atoms with van der Waals surface area (Å²) >= 11 is 1.44. The van der Waals surface area contributed by atoms with Crippen LogP contribution in [0.1, 0.15) is 19.3 Å². The number of pyridine rings is 1.